The van der Waals surface area contributed by atoms with Crippen molar-refractivity contribution in [2.45, 2.75) is 30.4 Å². The minimum atomic E-state index is 0.552. The van der Waals surface area contributed by atoms with Gasteiger partial charge in [0.1, 0.15) is 0 Å². The minimum Gasteiger partial charge on any atom is -0.416 e. The van der Waals surface area contributed by atoms with Gasteiger partial charge in [-0.25, -0.2) is 0 Å². The van der Waals surface area contributed by atoms with Crippen molar-refractivity contribution in [3.05, 3.63) is 5.89 Å². The summed E-state index contributed by atoms with van der Waals surface area (Å²) in [6.07, 6.45) is 3.40. The number of hydrogen-bond donors (Lipinski definition) is 1. The van der Waals surface area contributed by atoms with Crippen LogP contribution in [0, 0.1) is 0 Å². The van der Waals surface area contributed by atoms with Crippen LogP contribution in [-0.2, 0) is 0 Å². The second kappa shape index (κ2) is 4.11. The van der Waals surface area contributed by atoms with Crippen LogP contribution in [-0.4, -0.2) is 22.5 Å². The monoisotopic (exact) mass is 199 g/mol. The van der Waals surface area contributed by atoms with E-state index in [9.17, 15) is 0 Å². The molecular formula is C8H13N3OS. The Bertz CT molecular complexity index is 272. The molecule has 1 heterocycles. The number of hydrogen-bond acceptors (Lipinski definition) is 5. The highest BCUT2D eigenvalue weighted by atomic mass is 32.2. The third kappa shape index (κ3) is 2.45. The summed E-state index contributed by atoms with van der Waals surface area (Å²) in [6, 6.07) is 0. The molecule has 13 heavy (non-hydrogen) atoms. The highest BCUT2D eigenvalue weighted by Crippen LogP contribution is 2.39. The van der Waals surface area contributed by atoms with Crippen LogP contribution in [0.4, 0.5) is 0 Å². The third-order valence-electron chi connectivity index (χ3n) is 1.92. The molecule has 1 aromatic rings. The van der Waals surface area contributed by atoms with Crippen LogP contribution < -0.4 is 5.73 Å². The van der Waals surface area contributed by atoms with Crippen LogP contribution in [0.25, 0.3) is 0 Å². The second-order valence-corrected chi connectivity index (χ2v) is 4.22. The van der Waals surface area contributed by atoms with Gasteiger partial charge in [0, 0.05) is 11.7 Å². The van der Waals surface area contributed by atoms with Crippen LogP contribution in [0.2, 0.25) is 0 Å². The average Bonchev–Trinajstić information content (AvgIpc) is 2.88. The Balaban J connectivity index is 1.82. The maximum Gasteiger partial charge on any atom is 0.276 e. The van der Waals surface area contributed by atoms with Crippen molar-refractivity contribution in [2.75, 3.05) is 12.3 Å². The largest absolute Gasteiger partial charge is 0.416 e. The summed E-state index contributed by atoms with van der Waals surface area (Å²) in [5, 5.41) is 8.63. The maximum absolute atomic E-state index is 5.45. The fraction of sp³-hybridized carbons (Fsp3) is 0.750. The molecule has 0 atom stereocenters. The SMILES string of the molecule is NCCCSc1nnc(C2CC2)o1. The summed E-state index contributed by atoms with van der Waals surface area (Å²) < 4.78 is 5.45. The Morgan fingerprint density at radius 1 is 1.46 bits per heavy atom. The summed E-state index contributed by atoms with van der Waals surface area (Å²) in [4.78, 5) is 0. The third-order valence-corrected chi connectivity index (χ3v) is 2.83. The fourth-order valence-electron chi connectivity index (χ4n) is 1.02. The van der Waals surface area contributed by atoms with Gasteiger partial charge in [-0.3, -0.25) is 0 Å². The molecule has 2 N–H and O–H groups in total. The summed E-state index contributed by atoms with van der Waals surface area (Å²) >= 11 is 1.59. The molecule has 0 amide bonds. The van der Waals surface area contributed by atoms with E-state index >= 15 is 0 Å². The van der Waals surface area contributed by atoms with Crippen molar-refractivity contribution < 1.29 is 4.42 Å². The lowest BCUT2D eigenvalue weighted by Gasteiger charge is -1.91. The Kier molecular flexibility index (Phi) is 2.85. The lowest BCUT2D eigenvalue weighted by Crippen LogP contribution is -1.99. The van der Waals surface area contributed by atoms with E-state index in [0.717, 1.165) is 24.6 Å². The van der Waals surface area contributed by atoms with Crippen LogP contribution in [0.3, 0.4) is 0 Å². The molecule has 5 heteroatoms. The van der Waals surface area contributed by atoms with Crippen LogP contribution in [0.5, 0.6) is 0 Å². The molecule has 0 spiro atoms. The quantitative estimate of drug-likeness (QED) is 0.573. The summed E-state index contributed by atoms with van der Waals surface area (Å²) in [5.41, 5.74) is 5.38. The van der Waals surface area contributed by atoms with Gasteiger partial charge in [-0.15, -0.1) is 10.2 Å². The van der Waals surface area contributed by atoms with Crippen molar-refractivity contribution in [1.82, 2.24) is 10.2 Å². The lowest BCUT2D eigenvalue weighted by atomic mass is 10.4. The molecule has 1 aliphatic rings. The molecule has 1 saturated carbocycles. The van der Waals surface area contributed by atoms with E-state index in [4.69, 9.17) is 10.2 Å². The first kappa shape index (κ1) is 9.02. The zero-order valence-corrected chi connectivity index (χ0v) is 8.22. The second-order valence-electron chi connectivity index (χ2n) is 3.17. The molecule has 0 bridgehead atoms. The number of aromatic nitrogens is 2. The maximum atomic E-state index is 5.45. The van der Waals surface area contributed by atoms with Gasteiger partial charge in [-0.2, -0.15) is 0 Å². The highest BCUT2D eigenvalue weighted by Gasteiger charge is 2.29. The van der Waals surface area contributed by atoms with Crippen LogP contribution >= 0.6 is 11.8 Å². The van der Waals surface area contributed by atoms with Gasteiger partial charge >= 0.3 is 0 Å². The molecule has 1 aromatic heterocycles. The topological polar surface area (TPSA) is 64.9 Å². The normalized spacial score (nSPS) is 16.4. The van der Waals surface area contributed by atoms with E-state index in [2.05, 4.69) is 10.2 Å². The predicted octanol–water partition coefficient (Wildman–Crippen LogP) is 1.39. The van der Waals surface area contributed by atoms with Gasteiger partial charge in [0.15, 0.2) is 0 Å². The number of rotatable bonds is 5. The molecular weight excluding hydrogens is 186 g/mol. The van der Waals surface area contributed by atoms with Gasteiger partial charge < -0.3 is 10.2 Å². The van der Waals surface area contributed by atoms with E-state index < -0.39 is 0 Å². The summed E-state index contributed by atoms with van der Waals surface area (Å²) in [6.45, 7) is 0.719. The number of nitrogens with zero attached hydrogens (tertiary/aromatic N) is 2. The smallest absolute Gasteiger partial charge is 0.276 e. The molecule has 1 fully saturated rings. The number of thioether (sulfide) groups is 1. The molecule has 0 radical (unpaired) electrons. The highest BCUT2D eigenvalue weighted by molar-refractivity contribution is 7.99. The molecule has 0 aliphatic heterocycles. The van der Waals surface area contributed by atoms with Crippen molar-refractivity contribution in [2.24, 2.45) is 5.73 Å². The molecule has 4 nitrogen and oxygen atoms in total. The molecule has 0 unspecified atom stereocenters. The summed E-state index contributed by atoms with van der Waals surface area (Å²) in [5.74, 6) is 2.33. The van der Waals surface area contributed by atoms with Crippen LogP contribution in [0.15, 0.2) is 9.64 Å². The molecule has 0 aromatic carbocycles. The standard InChI is InChI=1S/C8H13N3OS/c9-4-1-5-13-8-11-10-7(12-8)6-2-3-6/h6H,1-5,9H2. The first-order valence-corrected chi connectivity index (χ1v) is 5.55. The Labute approximate surface area is 81.3 Å². The summed E-state index contributed by atoms with van der Waals surface area (Å²) in [7, 11) is 0. The number of nitrogens with two attached hydrogens (primary N) is 1. The molecule has 2 rings (SSSR count). The predicted molar refractivity (Wildman–Crippen MR) is 50.7 cm³/mol. The first-order valence-electron chi connectivity index (χ1n) is 4.56. The van der Waals surface area contributed by atoms with E-state index in [1.165, 1.54) is 12.8 Å². The van der Waals surface area contributed by atoms with Crippen molar-refractivity contribution in [1.29, 1.82) is 0 Å². The Hall–Kier alpha value is -0.550. The van der Waals surface area contributed by atoms with Crippen LogP contribution in [0.1, 0.15) is 31.1 Å². The fourth-order valence-corrected chi connectivity index (χ4v) is 1.75. The van der Waals surface area contributed by atoms with E-state index in [-0.39, 0.29) is 0 Å². The molecule has 0 saturated heterocycles. The average molecular weight is 199 g/mol. The van der Waals surface area contributed by atoms with Gasteiger partial charge in [0.2, 0.25) is 5.89 Å². The van der Waals surface area contributed by atoms with E-state index in [1.807, 2.05) is 0 Å². The van der Waals surface area contributed by atoms with Gasteiger partial charge in [0.05, 0.1) is 0 Å². The van der Waals surface area contributed by atoms with Gasteiger partial charge in [-0.05, 0) is 25.8 Å². The van der Waals surface area contributed by atoms with Gasteiger partial charge in [0.25, 0.3) is 5.22 Å². The Morgan fingerprint density at radius 2 is 2.31 bits per heavy atom. The molecule has 1 aliphatic carbocycles. The minimum absolute atomic E-state index is 0.552. The zero-order chi connectivity index (χ0) is 9.10. The zero-order valence-electron chi connectivity index (χ0n) is 7.40. The van der Waals surface area contributed by atoms with Crippen molar-refractivity contribution in [3.63, 3.8) is 0 Å². The lowest BCUT2D eigenvalue weighted by molar-refractivity contribution is 0.414. The Morgan fingerprint density at radius 3 is 3.00 bits per heavy atom. The van der Waals surface area contributed by atoms with Gasteiger partial charge in [-0.1, -0.05) is 11.8 Å². The van der Waals surface area contributed by atoms with E-state index in [1.54, 1.807) is 11.8 Å². The first-order chi connectivity index (χ1) is 6.40. The molecule has 72 valence electrons. The van der Waals surface area contributed by atoms with E-state index in [0.29, 0.717) is 11.1 Å². The van der Waals surface area contributed by atoms with Crippen molar-refractivity contribution in [3.8, 4) is 0 Å². The van der Waals surface area contributed by atoms with Crippen molar-refractivity contribution >= 4 is 11.8 Å².